The summed E-state index contributed by atoms with van der Waals surface area (Å²) in [6.07, 6.45) is 2.16. The predicted molar refractivity (Wildman–Crippen MR) is 113 cm³/mol. The maximum atomic E-state index is 9.36. The van der Waals surface area contributed by atoms with Crippen LogP contribution in [0.2, 0.25) is 0 Å². The van der Waals surface area contributed by atoms with E-state index < -0.39 is 0 Å². The molecule has 0 fully saturated rings. The molecule has 1 N–H and O–H groups in total. The molecule has 0 aromatic heterocycles. The smallest absolute Gasteiger partial charge is 0.115 e. The third-order valence-electron chi connectivity index (χ3n) is 5.15. The Kier molecular flexibility index (Phi) is 8.83. The summed E-state index contributed by atoms with van der Waals surface area (Å²) in [6, 6.07) is 19.2. The number of benzene rings is 2. The van der Waals surface area contributed by atoms with Crippen molar-refractivity contribution in [2.24, 2.45) is 0 Å². The van der Waals surface area contributed by atoms with Crippen LogP contribution in [-0.4, -0.2) is 35.2 Å². The summed E-state index contributed by atoms with van der Waals surface area (Å²) in [5.74, 6) is 0.800. The van der Waals surface area contributed by atoms with E-state index in [0.717, 1.165) is 31.6 Å². The fourth-order valence-corrected chi connectivity index (χ4v) is 3.63. The lowest BCUT2D eigenvalue weighted by molar-refractivity contribution is 0.109. The molecule has 1 atom stereocenters. The normalized spacial score (nSPS) is 12.9. The summed E-state index contributed by atoms with van der Waals surface area (Å²) in [4.78, 5) is 2.56. The van der Waals surface area contributed by atoms with Gasteiger partial charge < -0.3 is 9.84 Å². The van der Waals surface area contributed by atoms with Gasteiger partial charge in [-0.2, -0.15) is 0 Å². The SMILES string of the molecule is CC(C)N(CCC(CCOCc1ccc(O)cc1)c1ccccc1)C(C)C. The van der Waals surface area contributed by atoms with Gasteiger partial charge in [-0.05, 0) is 76.3 Å². The molecule has 3 heteroatoms. The third kappa shape index (κ3) is 7.36. The molecule has 27 heavy (non-hydrogen) atoms. The highest BCUT2D eigenvalue weighted by Crippen LogP contribution is 2.25. The fourth-order valence-electron chi connectivity index (χ4n) is 3.63. The van der Waals surface area contributed by atoms with Crippen molar-refractivity contribution in [1.82, 2.24) is 4.90 Å². The number of rotatable bonds is 11. The molecule has 2 aromatic rings. The van der Waals surface area contributed by atoms with E-state index in [1.807, 2.05) is 12.1 Å². The molecule has 0 amide bonds. The molecule has 2 aromatic carbocycles. The lowest BCUT2D eigenvalue weighted by Crippen LogP contribution is -2.38. The lowest BCUT2D eigenvalue weighted by Gasteiger charge is -2.32. The van der Waals surface area contributed by atoms with Crippen molar-refractivity contribution < 1.29 is 9.84 Å². The van der Waals surface area contributed by atoms with Crippen LogP contribution in [0.3, 0.4) is 0 Å². The zero-order valence-electron chi connectivity index (χ0n) is 17.3. The molecule has 0 aliphatic carbocycles. The van der Waals surface area contributed by atoms with E-state index in [2.05, 4.69) is 62.9 Å². The lowest BCUT2D eigenvalue weighted by atomic mass is 9.92. The van der Waals surface area contributed by atoms with E-state index in [9.17, 15) is 5.11 Å². The molecule has 0 aliphatic rings. The van der Waals surface area contributed by atoms with E-state index in [1.54, 1.807) is 12.1 Å². The van der Waals surface area contributed by atoms with Gasteiger partial charge in [0.15, 0.2) is 0 Å². The van der Waals surface area contributed by atoms with Crippen LogP contribution in [0.4, 0.5) is 0 Å². The molecule has 1 unspecified atom stereocenters. The standard InChI is InChI=1S/C24H35NO2/c1-19(2)25(20(3)4)16-14-23(22-8-6-5-7-9-22)15-17-27-18-21-10-12-24(26)13-11-21/h5-13,19-20,23,26H,14-18H2,1-4H3. The number of nitrogens with zero attached hydrogens (tertiary/aromatic N) is 1. The van der Waals surface area contributed by atoms with E-state index in [0.29, 0.717) is 30.4 Å². The number of phenolic OH excluding ortho intramolecular Hbond substituents is 1. The van der Waals surface area contributed by atoms with Crippen LogP contribution in [0.1, 0.15) is 57.6 Å². The largest absolute Gasteiger partial charge is 0.508 e. The third-order valence-corrected chi connectivity index (χ3v) is 5.15. The van der Waals surface area contributed by atoms with Gasteiger partial charge in [0.2, 0.25) is 0 Å². The predicted octanol–water partition coefficient (Wildman–Crippen LogP) is 5.59. The summed E-state index contributed by atoms with van der Waals surface area (Å²) in [5, 5.41) is 9.36. The maximum Gasteiger partial charge on any atom is 0.115 e. The molecule has 3 nitrogen and oxygen atoms in total. The van der Waals surface area contributed by atoms with E-state index in [-0.39, 0.29) is 0 Å². The van der Waals surface area contributed by atoms with Crippen LogP contribution in [0.15, 0.2) is 54.6 Å². The number of hydrogen-bond donors (Lipinski definition) is 1. The summed E-state index contributed by atoms with van der Waals surface area (Å²) in [7, 11) is 0. The molecular weight excluding hydrogens is 334 g/mol. The Labute approximate surface area is 165 Å². The highest BCUT2D eigenvalue weighted by molar-refractivity contribution is 5.25. The highest BCUT2D eigenvalue weighted by Gasteiger charge is 2.17. The monoisotopic (exact) mass is 369 g/mol. The average molecular weight is 370 g/mol. The zero-order chi connectivity index (χ0) is 19.6. The molecule has 0 aliphatic heterocycles. The van der Waals surface area contributed by atoms with Crippen molar-refractivity contribution >= 4 is 0 Å². The van der Waals surface area contributed by atoms with Crippen LogP contribution in [0.5, 0.6) is 5.75 Å². The quantitative estimate of drug-likeness (QED) is 0.524. The van der Waals surface area contributed by atoms with Crippen molar-refractivity contribution in [3.05, 3.63) is 65.7 Å². The van der Waals surface area contributed by atoms with Crippen molar-refractivity contribution in [1.29, 1.82) is 0 Å². The van der Waals surface area contributed by atoms with Gasteiger partial charge in [0, 0.05) is 18.7 Å². The Morgan fingerprint density at radius 3 is 2.07 bits per heavy atom. The molecule has 0 saturated heterocycles. The van der Waals surface area contributed by atoms with E-state index >= 15 is 0 Å². The molecule has 0 saturated carbocycles. The molecule has 2 rings (SSSR count). The van der Waals surface area contributed by atoms with Crippen LogP contribution in [0.25, 0.3) is 0 Å². The Balaban J connectivity index is 1.89. The van der Waals surface area contributed by atoms with E-state index in [1.165, 1.54) is 5.56 Å². The summed E-state index contributed by atoms with van der Waals surface area (Å²) < 4.78 is 5.92. The van der Waals surface area contributed by atoms with Crippen LogP contribution >= 0.6 is 0 Å². The fraction of sp³-hybridized carbons (Fsp3) is 0.500. The number of ether oxygens (including phenoxy) is 1. The highest BCUT2D eigenvalue weighted by atomic mass is 16.5. The van der Waals surface area contributed by atoms with Crippen molar-refractivity contribution in [3.8, 4) is 5.75 Å². The van der Waals surface area contributed by atoms with Gasteiger partial charge in [-0.1, -0.05) is 42.5 Å². The number of hydrogen-bond acceptors (Lipinski definition) is 3. The maximum absolute atomic E-state index is 9.36. The van der Waals surface area contributed by atoms with Gasteiger partial charge in [0.25, 0.3) is 0 Å². The van der Waals surface area contributed by atoms with Gasteiger partial charge in [-0.25, -0.2) is 0 Å². The van der Waals surface area contributed by atoms with Gasteiger partial charge in [-0.3, -0.25) is 4.90 Å². The van der Waals surface area contributed by atoms with Gasteiger partial charge in [0.1, 0.15) is 5.75 Å². The Morgan fingerprint density at radius 2 is 1.48 bits per heavy atom. The Hall–Kier alpha value is -1.84. The second kappa shape index (κ2) is 11.1. The molecular formula is C24H35NO2. The number of aromatic hydroxyl groups is 1. The second-order valence-corrected chi connectivity index (χ2v) is 7.83. The van der Waals surface area contributed by atoms with Crippen molar-refractivity contribution in [2.75, 3.05) is 13.2 Å². The molecule has 0 bridgehead atoms. The summed E-state index contributed by atoms with van der Waals surface area (Å²) in [6.45, 7) is 11.5. The zero-order valence-corrected chi connectivity index (χ0v) is 17.3. The van der Waals surface area contributed by atoms with Crippen molar-refractivity contribution in [3.63, 3.8) is 0 Å². The topological polar surface area (TPSA) is 32.7 Å². The van der Waals surface area contributed by atoms with Crippen LogP contribution in [0, 0.1) is 0 Å². The second-order valence-electron chi connectivity index (χ2n) is 7.83. The van der Waals surface area contributed by atoms with Crippen LogP contribution < -0.4 is 0 Å². The summed E-state index contributed by atoms with van der Waals surface area (Å²) in [5.41, 5.74) is 2.49. The molecule has 0 heterocycles. The summed E-state index contributed by atoms with van der Waals surface area (Å²) >= 11 is 0. The molecule has 148 valence electrons. The average Bonchev–Trinajstić information content (AvgIpc) is 2.65. The molecule has 0 radical (unpaired) electrons. The minimum Gasteiger partial charge on any atom is -0.508 e. The van der Waals surface area contributed by atoms with Crippen LogP contribution in [-0.2, 0) is 11.3 Å². The minimum absolute atomic E-state index is 0.294. The minimum atomic E-state index is 0.294. The van der Waals surface area contributed by atoms with E-state index in [4.69, 9.17) is 4.74 Å². The molecule has 0 spiro atoms. The first kappa shape index (κ1) is 21.5. The first-order valence-corrected chi connectivity index (χ1v) is 10.1. The van der Waals surface area contributed by atoms with Gasteiger partial charge in [-0.15, -0.1) is 0 Å². The first-order valence-electron chi connectivity index (χ1n) is 10.1. The number of phenols is 1. The first-order chi connectivity index (χ1) is 13.0. The van der Waals surface area contributed by atoms with Gasteiger partial charge >= 0.3 is 0 Å². The van der Waals surface area contributed by atoms with Crippen molar-refractivity contribution in [2.45, 2.75) is 65.1 Å². The Morgan fingerprint density at radius 1 is 0.852 bits per heavy atom. The van der Waals surface area contributed by atoms with Gasteiger partial charge in [0.05, 0.1) is 6.61 Å². The Bertz CT molecular complexity index is 629.